The van der Waals surface area contributed by atoms with Gasteiger partial charge >= 0.3 is 12.1 Å². The van der Waals surface area contributed by atoms with Gasteiger partial charge in [0.25, 0.3) is 0 Å². The Balaban J connectivity index is 2.12. The van der Waals surface area contributed by atoms with E-state index in [0.717, 1.165) is 11.3 Å². The smallest absolute Gasteiger partial charge is 0.393 e. The van der Waals surface area contributed by atoms with Crippen LogP contribution in [0.3, 0.4) is 0 Å². The number of hydrogen-bond acceptors (Lipinski definition) is 3. The molecule has 0 bridgehead atoms. The molecule has 0 aliphatic carbocycles. The van der Waals surface area contributed by atoms with Gasteiger partial charge in [-0.3, -0.25) is 9.69 Å². The summed E-state index contributed by atoms with van der Waals surface area (Å²) in [6.07, 6.45) is -4.52. The second kappa shape index (κ2) is 5.71. The highest BCUT2D eigenvalue weighted by atomic mass is 35.5. The SMILES string of the molecule is O=C(O)[C@@H]1CN(Cc2cc(Cl)sc2Cl)C[C@H]1C(F)(F)F. The van der Waals surface area contributed by atoms with Crippen molar-refractivity contribution in [2.75, 3.05) is 13.1 Å². The number of carboxylic acids is 1. The fourth-order valence-electron chi connectivity index (χ4n) is 2.32. The lowest BCUT2D eigenvalue weighted by Gasteiger charge is -2.18. The van der Waals surface area contributed by atoms with E-state index < -0.39 is 24.0 Å². The van der Waals surface area contributed by atoms with Crippen molar-refractivity contribution in [2.24, 2.45) is 11.8 Å². The number of hydrogen-bond donors (Lipinski definition) is 1. The number of carboxylic acid groups (broad SMARTS) is 1. The monoisotopic (exact) mass is 347 g/mol. The maximum absolute atomic E-state index is 12.8. The first-order chi connectivity index (χ1) is 9.18. The third-order valence-electron chi connectivity index (χ3n) is 3.25. The Kier molecular flexibility index (Phi) is 4.53. The maximum Gasteiger partial charge on any atom is 0.393 e. The molecule has 0 amide bonds. The van der Waals surface area contributed by atoms with Crippen molar-refractivity contribution in [2.45, 2.75) is 12.7 Å². The van der Waals surface area contributed by atoms with Gasteiger partial charge in [-0.1, -0.05) is 23.2 Å². The zero-order valence-corrected chi connectivity index (χ0v) is 12.3. The topological polar surface area (TPSA) is 40.5 Å². The van der Waals surface area contributed by atoms with E-state index in [-0.39, 0.29) is 19.6 Å². The number of likely N-dealkylation sites (tertiary alicyclic amines) is 1. The van der Waals surface area contributed by atoms with Gasteiger partial charge in [0.05, 0.1) is 20.5 Å². The van der Waals surface area contributed by atoms with Crippen LogP contribution in [0.15, 0.2) is 6.07 Å². The van der Waals surface area contributed by atoms with Crippen molar-refractivity contribution in [3.8, 4) is 0 Å². The summed E-state index contributed by atoms with van der Waals surface area (Å²) in [5.41, 5.74) is 0.619. The van der Waals surface area contributed by atoms with Gasteiger partial charge in [0.1, 0.15) is 0 Å². The minimum absolute atomic E-state index is 0.149. The summed E-state index contributed by atoms with van der Waals surface area (Å²) in [4.78, 5) is 12.4. The minimum Gasteiger partial charge on any atom is -0.481 e. The Morgan fingerprint density at radius 3 is 2.50 bits per heavy atom. The third-order valence-corrected chi connectivity index (χ3v) is 4.82. The fourth-order valence-corrected chi connectivity index (χ4v) is 3.79. The first kappa shape index (κ1) is 15.9. The highest BCUT2D eigenvalue weighted by molar-refractivity contribution is 7.20. The lowest BCUT2D eigenvalue weighted by atomic mass is 9.96. The molecule has 112 valence electrons. The predicted molar refractivity (Wildman–Crippen MR) is 70.3 cm³/mol. The van der Waals surface area contributed by atoms with E-state index in [1.165, 1.54) is 4.90 Å². The predicted octanol–water partition coefficient (Wildman–Crippen LogP) is 3.75. The molecular formula is C11H10Cl2F3NO2S. The largest absolute Gasteiger partial charge is 0.481 e. The third kappa shape index (κ3) is 3.39. The van der Waals surface area contributed by atoms with Crippen LogP contribution in [-0.4, -0.2) is 35.2 Å². The zero-order valence-electron chi connectivity index (χ0n) is 9.95. The first-order valence-corrected chi connectivity index (χ1v) is 7.21. The Hall–Kier alpha value is -0.500. The van der Waals surface area contributed by atoms with Crippen LogP contribution in [0.1, 0.15) is 5.56 Å². The molecule has 20 heavy (non-hydrogen) atoms. The number of rotatable bonds is 3. The van der Waals surface area contributed by atoms with Crippen molar-refractivity contribution in [1.82, 2.24) is 4.90 Å². The molecule has 9 heteroatoms. The molecule has 3 nitrogen and oxygen atoms in total. The zero-order chi connectivity index (χ0) is 15.1. The molecule has 0 aromatic carbocycles. The van der Waals surface area contributed by atoms with E-state index in [1.54, 1.807) is 6.07 Å². The summed E-state index contributed by atoms with van der Waals surface area (Å²) in [5.74, 6) is -4.72. The molecule has 0 radical (unpaired) electrons. The molecule has 0 unspecified atom stereocenters. The molecule has 0 spiro atoms. The van der Waals surface area contributed by atoms with E-state index in [4.69, 9.17) is 28.3 Å². The summed E-state index contributed by atoms with van der Waals surface area (Å²) in [6.45, 7) is -0.327. The van der Waals surface area contributed by atoms with E-state index in [0.29, 0.717) is 14.2 Å². The molecule has 2 heterocycles. The molecular weight excluding hydrogens is 338 g/mol. The van der Waals surface area contributed by atoms with Gasteiger partial charge in [0, 0.05) is 19.6 Å². The Labute approximate surface area is 126 Å². The molecule has 2 rings (SSSR count). The molecule has 1 aromatic heterocycles. The van der Waals surface area contributed by atoms with Gasteiger partial charge in [-0.15, -0.1) is 11.3 Å². The molecule has 1 saturated heterocycles. The summed E-state index contributed by atoms with van der Waals surface area (Å²) < 4.78 is 39.4. The molecule has 1 aromatic rings. The molecule has 1 aliphatic rings. The Bertz CT molecular complexity index is 520. The van der Waals surface area contributed by atoms with Crippen LogP contribution in [0.4, 0.5) is 13.2 Å². The van der Waals surface area contributed by atoms with Crippen molar-refractivity contribution in [3.63, 3.8) is 0 Å². The molecule has 2 atom stereocenters. The van der Waals surface area contributed by atoms with Crippen LogP contribution in [0.5, 0.6) is 0 Å². The van der Waals surface area contributed by atoms with Crippen LogP contribution in [0, 0.1) is 11.8 Å². The van der Waals surface area contributed by atoms with Crippen molar-refractivity contribution >= 4 is 40.5 Å². The maximum atomic E-state index is 12.8. The normalized spacial score (nSPS) is 24.2. The van der Waals surface area contributed by atoms with Crippen LogP contribution in [0.2, 0.25) is 8.67 Å². The van der Waals surface area contributed by atoms with Crippen LogP contribution < -0.4 is 0 Å². The van der Waals surface area contributed by atoms with Crippen LogP contribution >= 0.6 is 34.5 Å². The summed E-state index contributed by atoms with van der Waals surface area (Å²) >= 11 is 12.8. The molecule has 0 saturated carbocycles. The second-order valence-electron chi connectivity index (χ2n) is 4.64. The highest BCUT2D eigenvalue weighted by Crippen LogP contribution is 2.39. The number of alkyl halides is 3. The number of halogens is 5. The average Bonchev–Trinajstić information content (AvgIpc) is 2.83. The molecule has 1 aliphatic heterocycles. The van der Waals surface area contributed by atoms with Crippen LogP contribution in [0.25, 0.3) is 0 Å². The summed E-state index contributed by atoms with van der Waals surface area (Å²) in [7, 11) is 0. The number of aliphatic carboxylic acids is 1. The number of thiophene rings is 1. The van der Waals surface area contributed by atoms with Gasteiger partial charge < -0.3 is 5.11 Å². The van der Waals surface area contributed by atoms with E-state index in [1.807, 2.05) is 0 Å². The van der Waals surface area contributed by atoms with E-state index in [2.05, 4.69) is 0 Å². The minimum atomic E-state index is -4.52. The Morgan fingerprint density at radius 1 is 1.45 bits per heavy atom. The van der Waals surface area contributed by atoms with Gasteiger partial charge in [0.2, 0.25) is 0 Å². The number of carbonyl (C=O) groups is 1. The molecule has 1 N–H and O–H groups in total. The van der Waals surface area contributed by atoms with Gasteiger partial charge in [0.15, 0.2) is 0 Å². The average molecular weight is 348 g/mol. The highest BCUT2D eigenvalue weighted by Gasteiger charge is 2.52. The quantitative estimate of drug-likeness (QED) is 0.905. The van der Waals surface area contributed by atoms with Crippen molar-refractivity contribution in [3.05, 3.63) is 20.3 Å². The van der Waals surface area contributed by atoms with Crippen molar-refractivity contribution in [1.29, 1.82) is 0 Å². The first-order valence-electron chi connectivity index (χ1n) is 5.64. The van der Waals surface area contributed by atoms with Gasteiger partial charge in [-0.05, 0) is 11.6 Å². The summed E-state index contributed by atoms with van der Waals surface area (Å²) in [5, 5.41) is 8.92. The standard InChI is InChI=1S/C11H10Cl2F3NO2S/c12-8-1-5(9(13)20-8)2-17-3-6(10(18)19)7(4-17)11(14,15)16/h1,6-7H,2-4H2,(H,18,19)/t6-,7-/m1/s1. The fraction of sp³-hybridized carbons (Fsp3) is 0.545. The van der Waals surface area contributed by atoms with Crippen LogP contribution in [-0.2, 0) is 11.3 Å². The van der Waals surface area contributed by atoms with Gasteiger partial charge in [-0.25, -0.2) is 0 Å². The van der Waals surface area contributed by atoms with E-state index >= 15 is 0 Å². The Morgan fingerprint density at radius 2 is 2.10 bits per heavy atom. The van der Waals surface area contributed by atoms with Crippen molar-refractivity contribution < 1.29 is 23.1 Å². The summed E-state index contributed by atoms with van der Waals surface area (Å²) in [6, 6.07) is 1.59. The van der Waals surface area contributed by atoms with Gasteiger partial charge in [-0.2, -0.15) is 13.2 Å². The lowest BCUT2D eigenvalue weighted by molar-refractivity contribution is -0.188. The number of nitrogens with zero attached hydrogens (tertiary/aromatic N) is 1. The lowest BCUT2D eigenvalue weighted by Crippen LogP contribution is -2.33. The molecule has 1 fully saturated rings. The van der Waals surface area contributed by atoms with E-state index in [9.17, 15) is 18.0 Å². The second-order valence-corrected chi connectivity index (χ2v) is 6.92.